The number of carbonyl (C=O) groups is 1. The van der Waals surface area contributed by atoms with Crippen molar-refractivity contribution < 1.29 is 23.4 Å². The van der Waals surface area contributed by atoms with Gasteiger partial charge in [0.25, 0.3) is 0 Å². The summed E-state index contributed by atoms with van der Waals surface area (Å²) >= 11 is 0. The Hall–Kier alpha value is -1.46. The van der Waals surface area contributed by atoms with Gasteiger partial charge in [-0.3, -0.25) is 4.79 Å². The van der Waals surface area contributed by atoms with Gasteiger partial charge in [-0.2, -0.15) is 0 Å². The lowest BCUT2D eigenvalue weighted by atomic mass is 9.95. The lowest BCUT2D eigenvalue weighted by molar-refractivity contribution is -0.125. The van der Waals surface area contributed by atoms with E-state index >= 15 is 0 Å². The van der Waals surface area contributed by atoms with Crippen LogP contribution in [0.3, 0.4) is 0 Å². The van der Waals surface area contributed by atoms with Crippen molar-refractivity contribution in [2.24, 2.45) is 5.92 Å². The maximum absolute atomic E-state index is 14.2. The number of hydrogen-bond acceptors (Lipinski definition) is 4. The van der Waals surface area contributed by atoms with Crippen LogP contribution in [0.25, 0.3) is 0 Å². The SMILES string of the molecule is CC(=O)COC1CCC(OCc2ccc(OCC3CC3)cc2F)CC1. The standard InChI is InChI=1S/C20H27FO4/c1-14(22)11-23-17-6-8-18(9-7-17)25-13-16-4-5-19(10-20(16)21)24-12-15-2-3-15/h4-5,10,15,17-18H,2-3,6-9,11-13H2,1H3. The van der Waals surface area contributed by atoms with Gasteiger partial charge in [-0.15, -0.1) is 0 Å². The summed E-state index contributed by atoms with van der Waals surface area (Å²) in [4.78, 5) is 10.9. The minimum Gasteiger partial charge on any atom is -0.493 e. The fourth-order valence-electron chi connectivity index (χ4n) is 3.04. The lowest BCUT2D eigenvalue weighted by Crippen LogP contribution is -2.27. The normalized spacial score (nSPS) is 23.4. The van der Waals surface area contributed by atoms with Crippen molar-refractivity contribution in [2.75, 3.05) is 13.2 Å². The molecule has 138 valence electrons. The van der Waals surface area contributed by atoms with Crippen LogP contribution in [0.15, 0.2) is 18.2 Å². The Balaban J connectivity index is 1.39. The third kappa shape index (κ3) is 6.08. The first kappa shape index (κ1) is 18.3. The van der Waals surface area contributed by atoms with E-state index in [0.29, 0.717) is 23.8 Å². The second kappa shape index (κ2) is 8.77. The Morgan fingerprint density at radius 3 is 2.36 bits per heavy atom. The van der Waals surface area contributed by atoms with E-state index in [-0.39, 0.29) is 37.0 Å². The zero-order valence-electron chi connectivity index (χ0n) is 14.8. The van der Waals surface area contributed by atoms with Gasteiger partial charge in [0.05, 0.1) is 25.4 Å². The van der Waals surface area contributed by atoms with Gasteiger partial charge in [-0.05, 0) is 57.4 Å². The van der Waals surface area contributed by atoms with Gasteiger partial charge in [-0.25, -0.2) is 4.39 Å². The molecule has 2 aliphatic carbocycles. The van der Waals surface area contributed by atoms with Gasteiger partial charge in [0.2, 0.25) is 0 Å². The minimum atomic E-state index is -0.272. The summed E-state index contributed by atoms with van der Waals surface area (Å²) in [5, 5.41) is 0. The van der Waals surface area contributed by atoms with Gasteiger partial charge >= 0.3 is 0 Å². The summed E-state index contributed by atoms with van der Waals surface area (Å²) in [7, 11) is 0. The van der Waals surface area contributed by atoms with Crippen molar-refractivity contribution >= 4 is 5.78 Å². The molecule has 3 rings (SSSR count). The number of halogens is 1. The number of rotatable bonds is 9. The maximum atomic E-state index is 14.2. The highest BCUT2D eigenvalue weighted by Gasteiger charge is 2.23. The molecule has 0 aliphatic heterocycles. The first-order valence-corrected chi connectivity index (χ1v) is 9.24. The van der Waals surface area contributed by atoms with E-state index < -0.39 is 0 Å². The van der Waals surface area contributed by atoms with Crippen LogP contribution < -0.4 is 4.74 Å². The van der Waals surface area contributed by atoms with Crippen LogP contribution in [-0.2, 0) is 20.9 Å². The molecule has 0 unspecified atom stereocenters. The van der Waals surface area contributed by atoms with E-state index in [2.05, 4.69) is 0 Å². The Labute approximate surface area is 148 Å². The Morgan fingerprint density at radius 1 is 1.08 bits per heavy atom. The van der Waals surface area contributed by atoms with Crippen molar-refractivity contribution in [3.63, 3.8) is 0 Å². The predicted molar refractivity (Wildman–Crippen MR) is 92.1 cm³/mol. The van der Waals surface area contributed by atoms with Crippen molar-refractivity contribution in [1.82, 2.24) is 0 Å². The quantitative estimate of drug-likeness (QED) is 0.674. The molecule has 1 aromatic carbocycles. The van der Waals surface area contributed by atoms with E-state index in [1.807, 2.05) is 6.07 Å². The summed E-state index contributed by atoms with van der Waals surface area (Å²) in [5.74, 6) is 1.03. The van der Waals surface area contributed by atoms with Crippen molar-refractivity contribution in [1.29, 1.82) is 0 Å². The van der Waals surface area contributed by atoms with E-state index in [0.717, 1.165) is 25.7 Å². The fraction of sp³-hybridized carbons (Fsp3) is 0.650. The molecule has 5 heteroatoms. The second-order valence-corrected chi connectivity index (χ2v) is 7.23. The molecule has 0 amide bonds. The molecule has 0 heterocycles. The highest BCUT2D eigenvalue weighted by Crippen LogP contribution is 2.30. The minimum absolute atomic E-state index is 0.0541. The average molecular weight is 350 g/mol. The van der Waals surface area contributed by atoms with Gasteiger partial charge in [-0.1, -0.05) is 6.07 Å². The van der Waals surface area contributed by atoms with Crippen LogP contribution in [0.2, 0.25) is 0 Å². The number of carbonyl (C=O) groups excluding carboxylic acids is 1. The number of Topliss-reactive ketones (excluding diaryl/α,β-unsaturated/α-hetero) is 1. The average Bonchev–Trinajstić information content (AvgIpc) is 3.42. The molecule has 0 radical (unpaired) electrons. The van der Waals surface area contributed by atoms with Crippen LogP contribution in [-0.4, -0.2) is 31.2 Å². The predicted octanol–water partition coefficient (Wildman–Crippen LogP) is 4.05. The van der Waals surface area contributed by atoms with E-state index in [1.165, 1.54) is 25.8 Å². The third-order valence-electron chi connectivity index (χ3n) is 4.83. The van der Waals surface area contributed by atoms with E-state index in [9.17, 15) is 9.18 Å². The number of benzene rings is 1. The van der Waals surface area contributed by atoms with Crippen LogP contribution in [0.1, 0.15) is 51.0 Å². The van der Waals surface area contributed by atoms with Crippen LogP contribution in [0.4, 0.5) is 4.39 Å². The fourth-order valence-corrected chi connectivity index (χ4v) is 3.04. The molecular weight excluding hydrogens is 323 g/mol. The molecule has 0 spiro atoms. The Bertz CT molecular complexity index is 577. The summed E-state index contributed by atoms with van der Waals surface area (Å²) in [6.45, 7) is 2.69. The summed E-state index contributed by atoms with van der Waals surface area (Å²) < 4.78 is 31.2. The summed E-state index contributed by atoms with van der Waals surface area (Å²) in [6, 6.07) is 5.02. The number of ether oxygens (including phenoxy) is 3. The first-order chi connectivity index (χ1) is 12.1. The molecular formula is C20H27FO4. The van der Waals surface area contributed by atoms with E-state index in [1.54, 1.807) is 6.07 Å². The molecule has 2 saturated carbocycles. The molecule has 0 bridgehead atoms. The van der Waals surface area contributed by atoms with E-state index in [4.69, 9.17) is 14.2 Å². The zero-order chi connectivity index (χ0) is 17.6. The monoisotopic (exact) mass is 350 g/mol. The molecule has 0 N–H and O–H groups in total. The van der Waals surface area contributed by atoms with Crippen molar-refractivity contribution in [2.45, 2.75) is 64.3 Å². The molecule has 0 atom stereocenters. The maximum Gasteiger partial charge on any atom is 0.155 e. The number of ketones is 1. The summed E-state index contributed by atoms with van der Waals surface area (Å²) in [6.07, 6.45) is 6.24. The molecule has 0 saturated heterocycles. The Kier molecular flexibility index (Phi) is 6.43. The molecule has 1 aromatic rings. The highest BCUT2D eigenvalue weighted by atomic mass is 19.1. The number of hydrogen-bond donors (Lipinski definition) is 0. The van der Waals surface area contributed by atoms with Crippen molar-refractivity contribution in [3.8, 4) is 5.75 Å². The van der Waals surface area contributed by atoms with Gasteiger partial charge in [0.15, 0.2) is 5.78 Å². The van der Waals surface area contributed by atoms with Crippen LogP contribution >= 0.6 is 0 Å². The van der Waals surface area contributed by atoms with Gasteiger partial charge < -0.3 is 14.2 Å². The van der Waals surface area contributed by atoms with Gasteiger partial charge in [0.1, 0.15) is 18.2 Å². The third-order valence-corrected chi connectivity index (χ3v) is 4.83. The topological polar surface area (TPSA) is 44.8 Å². The van der Waals surface area contributed by atoms with Crippen molar-refractivity contribution in [3.05, 3.63) is 29.6 Å². The smallest absolute Gasteiger partial charge is 0.155 e. The van der Waals surface area contributed by atoms with Gasteiger partial charge in [0, 0.05) is 11.6 Å². The largest absolute Gasteiger partial charge is 0.493 e. The molecule has 4 nitrogen and oxygen atoms in total. The molecule has 0 aromatic heterocycles. The molecule has 2 aliphatic rings. The van der Waals surface area contributed by atoms with Crippen LogP contribution in [0.5, 0.6) is 5.75 Å². The first-order valence-electron chi connectivity index (χ1n) is 9.24. The Morgan fingerprint density at radius 2 is 1.76 bits per heavy atom. The lowest BCUT2D eigenvalue weighted by Gasteiger charge is -2.28. The van der Waals surface area contributed by atoms with Crippen LogP contribution in [0, 0.1) is 11.7 Å². The molecule has 2 fully saturated rings. The highest BCUT2D eigenvalue weighted by molar-refractivity contribution is 5.76. The molecule has 25 heavy (non-hydrogen) atoms. The second-order valence-electron chi connectivity index (χ2n) is 7.23. The zero-order valence-corrected chi connectivity index (χ0v) is 14.8. The summed E-state index contributed by atoms with van der Waals surface area (Å²) in [5.41, 5.74) is 0.564.